The van der Waals surface area contributed by atoms with Crippen LogP contribution >= 0.6 is 0 Å². The zero-order chi connectivity index (χ0) is 14.0. The number of carbonyl (C=O) groups is 1. The molecule has 0 rings (SSSR count). The maximum Gasteiger partial charge on any atom is 0.220 e. The van der Waals surface area contributed by atoms with E-state index in [1.54, 1.807) is 6.08 Å². The minimum absolute atomic E-state index is 0.0189. The lowest BCUT2D eigenvalue weighted by atomic mass is 9.96. The van der Waals surface area contributed by atoms with E-state index in [1.165, 1.54) is 19.3 Å². The Morgan fingerprint density at radius 1 is 1.17 bits per heavy atom. The second kappa shape index (κ2) is 9.12. The van der Waals surface area contributed by atoms with Gasteiger partial charge in [-0.1, -0.05) is 53.4 Å². The molecular formula is C15H28FNO. The van der Waals surface area contributed by atoms with Gasteiger partial charge in [0.05, 0.1) is 6.54 Å². The van der Waals surface area contributed by atoms with E-state index in [0.717, 1.165) is 12.8 Å². The van der Waals surface area contributed by atoms with Crippen LogP contribution in [-0.4, -0.2) is 12.5 Å². The molecular weight excluding hydrogens is 229 g/mol. The number of allylic oxidation sites excluding steroid dienone is 1. The Hall–Kier alpha value is -0.860. The van der Waals surface area contributed by atoms with E-state index in [-0.39, 0.29) is 23.7 Å². The number of rotatable bonds is 8. The van der Waals surface area contributed by atoms with Crippen molar-refractivity contribution < 1.29 is 9.18 Å². The molecule has 0 heterocycles. The molecule has 1 amide bonds. The van der Waals surface area contributed by atoms with E-state index in [1.807, 2.05) is 20.8 Å². The summed E-state index contributed by atoms with van der Waals surface area (Å²) < 4.78 is 13.4. The lowest BCUT2D eigenvalue weighted by molar-refractivity contribution is -0.121. The molecule has 0 aliphatic heterocycles. The molecule has 0 bridgehead atoms. The number of amides is 1. The highest BCUT2D eigenvalue weighted by Gasteiger charge is 2.09. The third kappa shape index (κ3) is 11.6. The first-order chi connectivity index (χ1) is 8.35. The highest BCUT2D eigenvalue weighted by Crippen LogP contribution is 2.17. The van der Waals surface area contributed by atoms with Gasteiger partial charge in [-0.25, -0.2) is 4.39 Å². The number of carbonyl (C=O) groups excluding carboxylic acids is 1. The van der Waals surface area contributed by atoms with Crippen molar-refractivity contribution in [3.8, 4) is 0 Å². The van der Waals surface area contributed by atoms with E-state index in [0.29, 0.717) is 6.42 Å². The molecule has 106 valence electrons. The summed E-state index contributed by atoms with van der Waals surface area (Å²) in [5.74, 6) is -0.314. The van der Waals surface area contributed by atoms with Crippen molar-refractivity contribution in [1.29, 1.82) is 0 Å². The van der Waals surface area contributed by atoms with Gasteiger partial charge in [0.25, 0.3) is 0 Å². The number of hydrogen-bond acceptors (Lipinski definition) is 1. The summed E-state index contributed by atoms with van der Waals surface area (Å²) in [5, 5.41) is 2.61. The molecule has 0 aliphatic carbocycles. The molecule has 0 radical (unpaired) electrons. The topological polar surface area (TPSA) is 29.1 Å². The quantitative estimate of drug-likeness (QED) is 0.643. The third-order valence-electron chi connectivity index (χ3n) is 2.55. The Balaban J connectivity index is 3.68. The van der Waals surface area contributed by atoms with Crippen LogP contribution in [-0.2, 0) is 4.79 Å². The molecule has 0 saturated carbocycles. The fourth-order valence-corrected chi connectivity index (χ4v) is 1.68. The van der Waals surface area contributed by atoms with Gasteiger partial charge in [0.2, 0.25) is 5.91 Å². The lowest BCUT2D eigenvalue weighted by Crippen LogP contribution is -2.24. The van der Waals surface area contributed by atoms with Crippen LogP contribution in [0.3, 0.4) is 0 Å². The fourth-order valence-electron chi connectivity index (χ4n) is 1.68. The molecule has 0 unspecified atom stereocenters. The van der Waals surface area contributed by atoms with E-state index < -0.39 is 0 Å². The van der Waals surface area contributed by atoms with Gasteiger partial charge in [-0.3, -0.25) is 4.79 Å². The lowest BCUT2D eigenvalue weighted by Gasteiger charge is -2.12. The van der Waals surface area contributed by atoms with E-state index >= 15 is 0 Å². The molecule has 3 heteroatoms. The van der Waals surface area contributed by atoms with Crippen LogP contribution < -0.4 is 5.32 Å². The molecule has 1 N–H and O–H groups in total. The first kappa shape index (κ1) is 17.1. The van der Waals surface area contributed by atoms with Gasteiger partial charge in [0, 0.05) is 6.42 Å². The van der Waals surface area contributed by atoms with Crippen molar-refractivity contribution in [3.63, 3.8) is 0 Å². The minimum Gasteiger partial charge on any atom is -0.350 e. The van der Waals surface area contributed by atoms with Crippen LogP contribution in [0.5, 0.6) is 0 Å². The summed E-state index contributed by atoms with van der Waals surface area (Å²) in [6.45, 7) is 7.98. The van der Waals surface area contributed by atoms with E-state index in [4.69, 9.17) is 0 Å². The summed E-state index contributed by atoms with van der Waals surface area (Å²) in [7, 11) is 0. The van der Waals surface area contributed by atoms with Crippen LogP contribution in [0, 0.1) is 5.41 Å². The van der Waals surface area contributed by atoms with E-state index in [2.05, 4.69) is 12.2 Å². The van der Waals surface area contributed by atoms with Crippen LogP contribution in [0.1, 0.15) is 66.2 Å². The minimum atomic E-state index is -0.262. The predicted octanol–water partition coefficient (Wildman–Crippen LogP) is 4.36. The first-order valence-electron chi connectivity index (χ1n) is 6.99. The van der Waals surface area contributed by atoms with Crippen molar-refractivity contribution in [2.45, 2.75) is 66.2 Å². The summed E-state index contributed by atoms with van der Waals surface area (Å²) in [5.41, 5.74) is -0.186. The molecule has 0 aliphatic rings. The van der Waals surface area contributed by atoms with Crippen LogP contribution in [0.2, 0.25) is 0 Å². The zero-order valence-electron chi connectivity index (χ0n) is 12.3. The summed E-state index contributed by atoms with van der Waals surface area (Å²) in [4.78, 5) is 11.4. The number of nitrogens with one attached hydrogen (secondary N) is 1. The SMILES string of the molecule is CCCCCCCC(=O)NC/C(F)=C\C(C)(C)C. The second-order valence-electron chi connectivity index (χ2n) is 5.90. The van der Waals surface area contributed by atoms with Gasteiger partial charge in [-0.05, 0) is 17.9 Å². The Morgan fingerprint density at radius 3 is 2.33 bits per heavy atom. The highest BCUT2D eigenvalue weighted by atomic mass is 19.1. The Morgan fingerprint density at radius 2 is 1.78 bits per heavy atom. The van der Waals surface area contributed by atoms with Gasteiger partial charge in [0.1, 0.15) is 5.83 Å². The zero-order valence-corrected chi connectivity index (χ0v) is 12.3. The maximum atomic E-state index is 13.4. The van der Waals surface area contributed by atoms with Crippen LogP contribution in [0.25, 0.3) is 0 Å². The number of halogens is 1. The van der Waals surface area contributed by atoms with Crippen LogP contribution in [0.15, 0.2) is 11.9 Å². The number of hydrogen-bond donors (Lipinski definition) is 1. The number of unbranched alkanes of at least 4 members (excludes halogenated alkanes) is 4. The van der Waals surface area contributed by atoms with Crippen molar-refractivity contribution in [2.24, 2.45) is 5.41 Å². The van der Waals surface area contributed by atoms with Gasteiger partial charge in [-0.15, -0.1) is 0 Å². The van der Waals surface area contributed by atoms with Gasteiger partial charge in [0.15, 0.2) is 0 Å². The second-order valence-corrected chi connectivity index (χ2v) is 5.90. The average Bonchev–Trinajstić information content (AvgIpc) is 2.24. The highest BCUT2D eigenvalue weighted by molar-refractivity contribution is 5.76. The Bertz CT molecular complexity index is 266. The largest absolute Gasteiger partial charge is 0.350 e. The monoisotopic (exact) mass is 257 g/mol. The molecule has 0 aromatic carbocycles. The molecule has 2 nitrogen and oxygen atoms in total. The van der Waals surface area contributed by atoms with Crippen LogP contribution in [0.4, 0.5) is 4.39 Å². The maximum absolute atomic E-state index is 13.4. The van der Waals surface area contributed by atoms with Gasteiger partial charge < -0.3 is 5.32 Å². The summed E-state index contributed by atoms with van der Waals surface area (Å²) in [6.07, 6.45) is 7.65. The smallest absolute Gasteiger partial charge is 0.220 e. The van der Waals surface area contributed by atoms with Gasteiger partial charge in [-0.2, -0.15) is 0 Å². The molecule has 0 fully saturated rings. The average molecular weight is 257 g/mol. The molecule has 18 heavy (non-hydrogen) atoms. The summed E-state index contributed by atoms with van der Waals surface area (Å²) in [6, 6.07) is 0. The molecule has 0 aromatic rings. The molecule has 0 saturated heterocycles. The summed E-state index contributed by atoms with van der Waals surface area (Å²) >= 11 is 0. The van der Waals surface area contributed by atoms with E-state index in [9.17, 15) is 9.18 Å². The molecule has 0 atom stereocenters. The van der Waals surface area contributed by atoms with Gasteiger partial charge >= 0.3 is 0 Å². The van der Waals surface area contributed by atoms with Crippen molar-refractivity contribution in [3.05, 3.63) is 11.9 Å². The molecule has 0 spiro atoms. The standard InChI is InChI=1S/C15H28FNO/c1-5-6-7-8-9-10-14(18)17-12-13(16)11-15(2,3)4/h11H,5-10,12H2,1-4H3,(H,17,18)/b13-11+. The van der Waals surface area contributed by atoms with Crippen molar-refractivity contribution >= 4 is 5.91 Å². The fraction of sp³-hybridized carbons (Fsp3) is 0.800. The Labute approximate surface area is 111 Å². The third-order valence-corrected chi connectivity index (χ3v) is 2.55. The normalized spacial score (nSPS) is 12.6. The van der Waals surface area contributed by atoms with Crippen molar-refractivity contribution in [1.82, 2.24) is 5.32 Å². The first-order valence-corrected chi connectivity index (χ1v) is 6.99. The van der Waals surface area contributed by atoms with Crippen molar-refractivity contribution in [2.75, 3.05) is 6.54 Å². The predicted molar refractivity (Wildman–Crippen MR) is 75.0 cm³/mol. The Kier molecular flexibility index (Phi) is 8.69. The molecule has 0 aromatic heterocycles.